The van der Waals surface area contributed by atoms with Crippen molar-refractivity contribution in [3.05, 3.63) is 71.4 Å². The van der Waals surface area contributed by atoms with Crippen molar-refractivity contribution >= 4 is 17.3 Å². The van der Waals surface area contributed by atoms with Gasteiger partial charge in [0.05, 0.1) is 12.3 Å². The normalized spacial score (nSPS) is 13.4. The van der Waals surface area contributed by atoms with Crippen LogP contribution in [0.3, 0.4) is 0 Å². The predicted octanol–water partition coefficient (Wildman–Crippen LogP) is 3.46. The van der Waals surface area contributed by atoms with Crippen LogP contribution in [0.15, 0.2) is 60.3 Å². The second-order valence-electron chi connectivity index (χ2n) is 4.88. The summed E-state index contributed by atoms with van der Waals surface area (Å²) in [6.45, 7) is 2.52. The molecule has 0 fully saturated rings. The lowest BCUT2D eigenvalue weighted by Crippen LogP contribution is -2.21. The third-order valence-corrected chi connectivity index (χ3v) is 3.40. The highest BCUT2D eigenvalue weighted by molar-refractivity contribution is 6.25. The number of benzene rings is 2. The highest BCUT2D eigenvalue weighted by atomic mass is 16.5. The second-order valence-corrected chi connectivity index (χ2v) is 4.88. The van der Waals surface area contributed by atoms with Gasteiger partial charge in [0.15, 0.2) is 5.78 Å². The van der Waals surface area contributed by atoms with Crippen molar-refractivity contribution in [1.29, 1.82) is 0 Å². The first-order valence-electron chi connectivity index (χ1n) is 7.08. The molecular weight excluding hydrogens is 278 g/mol. The Balaban J connectivity index is 1.84. The number of ether oxygens (including phenoxy) is 1. The van der Waals surface area contributed by atoms with E-state index in [1.165, 1.54) is 6.08 Å². The third kappa shape index (κ3) is 2.63. The van der Waals surface area contributed by atoms with E-state index in [2.05, 4.69) is 5.32 Å². The maximum atomic E-state index is 12.4. The van der Waals surface area contributed by atoms with Gasteiger partial charge in [0.2, 0.25) is 5.78 Å². The van der Waals surface area contributed by atoms with Crippen molar-refractivity contribution in [1.82, 2.24) is 0 Å². The molecule has 0 aromatic heterocycles. The summed E-state index contributed by atoms with van der Waals surface area (Å²) in [7, 11) is 0. The summed E-state index contributed by atoms with van der Waals surface area (Å²) >= 11 is 0. The Labute approximate surface area is 128 Å². The van der Waals surface area contributed by atoms with Gasteiger partial charge in [-0.1, -0.05) is 24.3 Å². The van der Waals surface area contributed by atoms with Crippen LogP contribution in [0.25, 0.3) is 0 Å². The van der Waals surface area contributed by atoms with Gasteiger partial charge >= 0.3 is 0 Å². The lowest BCUT2D eigenvalue weighted by atomic mass is 9.92. The number of anilines is 1. The molecule has 0 aliphatic heterocycles. The molecule has 0 atom stereocenters. The van der Waals surface area contributed by atoms with Crippen molar-refractivity contribution in [3.63, 3.8) is 0 Å². The van der Waals surface area contributed by atoms with Crippen LogP contribution in [0.1, 0.15) is 27.6 Å². The van der Waals surface area contributed by atoms with Gasteiger partial charge in [-0.25, -0.2) is 0 Å². The van der Waals surface area contributed by atoms with E-state index in [9.17, 15) is 9.59 Å². The highest BCUT2D eigenvalue weighted by Gasteiger charge is 2.24. The fourth-order valence-electron chi connectivity index (χ4n) is 2.36. The fourth-order valence-corrected chi connectivity index (χ4v) is 2.36. The van der Waals surface area contributed by atoms with Crippen molar-refractivity contribution in [3.8, 4) is 5.75 Å². The Morgan fingerprint density at radius 1 is 0.955 bits per heavy atom. The number of Topliss-reactive ketones (excluding diaryl/α,β-unsaturated/α-hetero) is 1. The number of nitrogens with one attached hydrogen (secondary N) is 1. The zero-order valence-electron chi connectivity index (χ0n) is 12.1. The lowest BCUT2D eigenvalue weighted by Gasteiger charge is -2.16. The van der Waals surface area contributed by atoms with Gasteiger partial charge in [-0.2, -0.15) is 0 Å². The van der Waals surface area contributed by atoms with Crippen LogP contribution in [0.5, 0.6) is 5.75 Å². The van der Waals surface area contributed by atoms with Crippen molar-refractivity contribution < 1.29 is 14.3 Å². The summed E-state index contributed by atoms with van der Waals surface area (Å²) in [6, 6.07) is 14.1. The SMILES string of the molecule is CCOc1ccc(NC2=CC(=O)c3ccccc3C2=O)cc1. The summed E-state index contributed by atoms with van der Waals surface area (Å²) in [5.41, 5.74) is 1.90. The lowest BCUT2D eigenvalue weighted by molar-refractivity contribution is 0.0985. The van der Waals surface area contributed by atoms with E-state index in [0.717, 1.165) is 11.4 Å². The molecule has 3 rings (SSSR count). The molecule has 2 aromatic rings. The van der Waals surface area contributed by atoms with Crippen molar-refractivity contribution in [2.75, 3.05) is 11.9 Å². The van der Waals surface area contributed by atoms with Crippen molar-refractivity contribution in [2.45, 2.75) is 6.92 Å². The topological polar surface area (TPSA) is 55.4 Å². The summed E-state index contributed by atoms with van der Waals surface area (Å²) in [5.74, 6) is 0.422. The molecule has 110 valence electrons. The Morgan fingerprint density at radius 3 is 2.32 bits per heavy atom. The molecule has 0 unspecified atom stereocenters. The van der Waals surface area contributed by atoms with Crippen LogP contribution < -0.4 is 10.1 Å². The monoisotopic (exact) mass is 293 g/mol. The molecule has 22 heavy (non-hydrogen) atoms. The van der Waals surface area contributed by atoms with Crippen LogP contribution >= 0.6 is 0 Å². The Morgan fingerprint density at radius 2 is 1.64 bits per heavy atom. The maximum absolute atomic E-state index is 12.4. The zero-order chi connectivity index (χ0) is 15.5. The van der Waals surface area contributed by atoms with Gasteiger partial charge in [0.1, 0.15) is 5.75 Å². The minimum atomic E-state index is -0.177. The van der Waals surface area contributed by atoms with Crippen LogP contribution in [0.2, 0.25) is 0 Å². The minimum Gasteiger partial charge on any atom is -0.494 e. The Bertz CT molecular complexity index is 760. The number of hydrogen-bond donors (Lipinski definition) is 1. The van der Waals surface area contributed by atoms with Gasteiger partial charge in [-0.05, 0) is 31.2 Å². The molecule has 4 nitrogen and oxygen atoms in total. The molecule has 0 bridgehead atoms. The molecule has 4 heteroatoms. The van der Waals surface area contributed by atoms with Crippen LogP contribution in [-0.2, 0) is 0 Å². The molecule has 0 amide bonds. The average Bonchev–Trinajstić information content (AvgIpc) is 2.54. The van der Waals surface area contributed by atoms with Crippen LogP contribution in [0.4, 0.5) is 5.69 Å². The summed E-state index contributed by atoms with van der Waals surface area (Å²) in [4.78, 5) is 24.5. The standard InChI is InChI=1S/C18H15NO3/c1-2-22-13-9-7-12(8-10-13)19-16-11-17(20)14-5-3-4-6-15(14)18(16)21/h3-11,19H,2H2,1H3. The van der Waals surface area contributed by atoms with E-state index < -0.39 is 0 Å². The van der Waals surface area contributed by atoms with E-state index in [1.54, 1.807) is 24.3 Å². The fraction of sp³-hybridized carbons (Fsp3) is 0.111. The molecule has 0 spiro atoms. The zero-order valence-corrected chi connectivity index (χ0v) is 12.1. The number of fused-ring (bicyclic) bond motifs is 1. The quantitative estimate of drug-likeness (QED) is 0.938. The van der Waals surface area contributed by atoms with Gasteiger partial charge in [0.25, 0.3) is 0 Å². The minimum absolute atomic E-state index is 0.163. The largest absolute Gasteiger partial charge is 0.494 e. The number of carbonyl (C=O) groups is 2. The number of hydrogen-bond acceptors (Lipinski definition) is 4. The summed E-state index contributed by atoms with van der Waals surface area (Å²) < 4.78 is 5.37. The average molecular weight is 293 g/mol. The molecule has 0 saturated heterocycles. The van der Waals surface area contributed by atoms with Crippen LogP contribution in [-0.4, -0.2) is 18.2 Å². The Hall–Kier alpha value is -2.88. The van der Waals surface area contributed by atoms with Crippen molar-refractivity contribution in [2.24, 2.45) is 0 Å². The summed E-state index contributed by atoms with van der Waals surface area (Å²) in [6.07, 6.45) is 1.35. The number of ketones is 2. The summed E-state index contributed by atoms with van der Waals surface area (Å²) in [5, 5.41) is 3.01. The van der Waals surface area contributed by atoms with E-state index in [-0.39, 0.29) is 17.3 Å². The van der Waals surface area contributed by atoms with Gasteiger partial charge < -0.3 is 10.1 Å². The highest BCUT2D eigenvalue weighted by Crippen LogP contribution is 2.23. The van der Waals surface area contributed by atoms with Gasteiger partial charge in [0, 0.05) is 22.9 Å². The van der Waals surface area contributed by atoms with E-state index in [1.807, 2.05) is 31.2 Å². The first kappa shape index (κ1) is 14.1. The first-order chi connectivity index (χ1) is 10.7. The maximum Gasteiger partial charge on any atom is 0.210 e. The second kappa shape index (κ2) is 5.85. The molecule has 0 heterocycles. The molecule has 0 radical (unpaired) electrons. The van der Waals surface area contributed by atoms with Gasteiger partial charge in [-0.3, -0.25) is 9.59 Å². The van der Waals surface area contributed by atoms with E-state index in [4.69, 9.17) is 4.74 Å². The number of carbonyl (C=O) groups excluding carboxylic acids is 2. The van der Waals surface area contributed by atoms with E-state index >= 15 is 0 Å². The van der Waals surface area contributed by atoms with Gasteiger partial charge in [-0.15, -0.1) is 0 Å². The molecule has 0 saturated carbocycles. The predicted molar refractivity (Wildman–Crippen MR) is 84.4 cm³/mol. The van der Waals surface area contributed by atoms with Crippen LogP contribution in [0, 0.1) is 0 Å². The van der Waals surface area contributed by atoms with E-state index in [0.29, 0.717) is 17.7 Å². The first-order valence-corrected chi connectivity index (χ1v) is 7.08. The smallest absolute Gasteiger partial charge is 0.210 e. The third-order valence-electron chi connectivity index (χ3n) is 3.40. The number of allylic oxidation sites excluding steroid dienone is 2. The molecule has 1 N–H and O–H groups in total. The Kier molecular flexibility index (Phi) is 3.74. The molecule has 1 aliphatic carbocycles. The molecule has 1 aliphatic rings. The molecule has 2 aromatic carbocycles. The molecular formula is C18H15NO3. The number of rotatable bonds is 4.